The molecule has 12 heavy (non-hydrogen) atoms. The van der Waals surface area contributed by atoms with E-state index in [9.17, 15) is 4.79 Å². The standard InChI is InChI=1S/C9H8OS2/c10-6-7-12-9(11)8-4-2-1-3-5-8/h1-6H,7H2. The fourth-order valence-corrected chi connectivity index (χ4v) is 1.63. The SMILES string of the molecule is O=CCSC(=S)c1ccccc1. The van der Waals surface area contributed by atoms with Crippen molar-refractivity contribution >= 4 is 34.5 Å². The second-order valence-electron chi connectivity index (χ2n) is 2.13. The predicted octanol–water partition coefficient (Wildman–Crippen LogP) is 2.29. The maximum Gasteiger partial charge on any atom is 0.130 e. The van der Waals surface area contributed by atoms with Crippen LogP contribution in [0, 0.1) is 0 Å². The van der Waals surface area contributed by atoms with Crippen molar-refractivity contribution in [3.05, 3.63) is 35.9 Å². The number of carbonyl (C=O) groups is 1. The summed E-state index contributed by atoms with van der Waals surface area (Å²) in [6, 6.07) is 9.70. The van der Waals surface area contributed by atoms with Gasteiger partial charge in [0.1, 0.15) is 6.29 Å². The molecule has 1 nitrogen and oxygen atoms in total. The first-order valence-corrected chi connectivity index (χ1v) is 4.90. The quantitative estimate of drug-likeness (QED) is 0.545. The van der Waals surface area contributed by atoms with Crippen molar-refractivity contribution < 1.29 is 4.79 Å². The molecule has 0 aliphatic rings. The molecule has 0 atom stereocenters. The van der Waals surface area contributed by atoms with Crippen LogP contribution in [0.4, 0.5) is 0 Å². The smallest absolute Gasteiger partial charge is 0.130 e. The van der Waals surface area contributed by atoms with E-state index in [1.54, 1.807) is 0 Å². The average Bonchev–Trinajstić information content (AvgIpc) is 2.15. The van der Waals surface area contributed by atoms with Gasteiger partial charge < -0.3 is 4.79 Å². The molecule has 0 saturated carbocycles. The van der Waals surface area contributed by atoms with Gasteiger partial charge in [0.25, 0.3) is 0 Å². The summed E-state index contributed by atoms with van der Waals surface area (Å²) >= 11 is 6.48. The van der Waals surface area contributed by atoms with E-state index >= 15 is 0 Å². The number of thioether (sulfide) groups is 1. The highest BCUT2D eigenvalue weighted by Crippen LogP contribution is 2.12. The van der Waals surface area contributed by atoms with Crippen molar-refractivity contribution in [2.24, 2.45) is 0 Å². The summed E-state index contributed by atoms with van der Waals surface area (Å²) < 4.78 is 0.780. The summed E-state index contributed by atoms with van der Waals surface area (Å²) in [4.78, 5) is 10.1. The number of benzene rings is 1. The number of aldehydes is 1. The molecule has 0 heterocycles. The van der Waals surface area contributed by atoms with E-state index in [1.165, 1.54) is 11.8 Å². The van der Waals surface area contributed by atoms with Gasteiger partial charge in [-0.15, -0.1) is 11.8 Å². The first-order chi connectivity index (χ1) is 5.84. The molecule has 0 bridgehead atoms. The van der Waals surface area contributed by atoms with Crippen LogP contribution in [-0.2, 0) is 4.79 Å². The highest BCUT2D eigenvalue weighted by molar-refractivity contribution is 8.24. The molecule has 0 aliphatic carbocycles. The Kier molecular flexibility index (Phi) is 3.97. The molecule has 0 N–H and O–H groups in total. The number of hydrogen-bond acceptors (Lipinski definition) is 3. The molecule has 0 spiro atoms. The summed E-state index contributed by atoms with van der Waals surface area (Å²) in [5.41, 5.74) is 1.01. The Morgan fingerprint density at radius 3 is 2.67 bits per heavy atom. The van der Waals surface area contributed by atoms with Crippen LogP contribution in [-0.4, -0.2) is 16.2 Å². The predicted molar refractivity (Wildman–Crippen MR) is 56.7 cm³/mol. The third-order valence-corrected chi connectivity index (χ3v) is 2.68. The molecule has 1 rings (SSSR count). The lowest BCUT2D eigenvalue weighted by Gasteiger charge is -1.98. The van der Waals surface area contributed by atoms with Crippen molar-refractivity contribution in [3.8, 4) is 0 Å². The van der Waals surface area contributed by atoms with Crippen LogP contribution >= 0.6 is 24.0 Å². The summed E-state index contributed by atoms with van der Waals surface area (Å²) in [6.07, 6.45) is 0.861. The summed E-state index contributed by atoms with van der Waals surface area (Å²) in [7, 11) is 0. The van der Waals surface area contributed by atoms with E-state index in [0.717, 1.165) is 16.0 Å². The van der Waals surface area contributed by atoms with Crippen LogP contribution in [0.5, 0.6) is 0 Å². The van der Waals surface area contributed by atoms with Gasteiger partial charge in [0, 0.05) is 0 Å². The van der Waals surface area contributed by atoms with E-state index in [2.05, 4.69) is 0 Å². The molecule has 0 amide bonds. The lowest BCUT2D eigenvalue weighted by Crippen LogP contribution is -1.92. The Morgan fingerprint density at radius 1 is 1.42 bits per heavy atom. The van der Waals surface area contributed by atoms with E-state index in [1.807, 2.05) is 30.3 Å². The Balaban J connectivity index is 2.59. The molecule has 62 valence electrons. The van der Waals surface area contributed by atoms with Crippen molar-refractivity contribution in [1.82, 2.24) is 0 Å². The van der Waals surface area contributed by atoms with Crippen LogP contribution < -0.4 is 0 Å². The minimum atomic E-state index is 0.438. The summed E-state index contributed by atoms with van der Waals surface area (Å²) in [5, 5.41) is 0. The Bertz CT molecular complexity index is 269. The molecule has 0 aliphatic heterocycles. The van der Waals surface area contributed by atoms with Gasteiger partial charge in [-0.3, -0.25) is 0 Å². The maximum absolute atomic E-state index is 10.1. The zero-order valence-corrected chi connectivity index (χ0v) is 8.03. The van der Waals surface area contributed by atoms with Gasteiger partial charge in [-0.2, -0.15) is 0 Å². The van der Waals surface area contributed by atoms with Crippen molar-refractivity contribution in [3.63, 3.8) is 0 Å². The zero-order chi connectivity index (χ0) is 8.81. The monoisotopic (exact) mass is 196 g/mol. The van der Waals surface area contributed by atoms with Gasteiger partial charge in [0.15, 0.2) is 0 Å². The van der Waals surface area contributed by atoms with Crippen LogP contribution in [0.2, 0.25) is 0 Å². The lowest BCUT2D eigenvalue weighted by atomic mass is 10.2. The molecule has 0 saturated heterocycles. The summed E-state index contributed by atoms with van der Waals surface area (Å²) in [5.74, 6) is 0.438. The van der Waals surface area contributed by atoms with E-state index < -0.39 is 0 Å². The largest absolute Gasteiger partial charge is 0.302 e. The summed E-state index contributed by atoms with van der Waals surface area (Å²) in [6.45, 7) is 0. The van der Waals surface area contributed by atoms with Crippen molar-refractivity contribution in [2.45, 2.75) is 0 Å². The Morgan fingerprint density at radius 2 is 2.08 bits per heavy atom. The first kappa shape index (κ1) is 9.42. The fraction of sp³-hybridized carbons (Fsp3) is 0.111. The number of thiocarbonyl (C=S) groups is 1. The molecular weight excluding hydrogens is 188 g/mol. The number of hydrogen-bond donors (Lipinski definition) is 0. The van der Waals surface area contributed by atoms with Gasteiger partial charge in [-0.25, -0.2) is 0 Å². The van der Waals surface area contributed by atoms with Gasteiger partial charge in [0.05, 0.1) is 9.95 Å². The highest BCUT2D eigenvalue weighted by Gasteiger charge is 1.98. The minimum absolute atomic E-state index is 0.438. The normalized spacial score (nSPS) is 9.33. The molecule has 0 fully saturated rings. The third-order valence-electron chi connectivity index (χ3n) is 1.29. The van der Waals surface area contributed by atoms with Crippen LogP contribution in [0.3, 0.4) is 0 Å². The molecule has 0 unspecified atom stereocenters. The van der Waals surface area contributed by atoms with Gasteiger partial charge >= 0.3 is 0 Å². The molecule has 1 aromatic rings. The zero-order valence-electron chi connectivity index (χ0n) is 6.40. The molecule has 0 radical (unpaired) electrons. The fourth-order valence-electron chi connectivity index (χ4n) is 0.767. The second-order valence-corrected chi connectivity index (χ2v) is 3.83. The van der Waals surface area contributed by atoms with Crippen LogP contribution in [0.15, 0.2) is 30.3 Å². The second kappa shape index (κ2) is 5.06. The Hall–Kier alpha value is -0.670. The van der Waals surface area contributed by atoms with Crippen molar-refractivity contribution in [2.75, 3.05) is 5.75 Å². The molecule has 1 aromatic carbocycles. The maximum atomic E-state index is 10.1. The van der Waals surface area contributed by atoms with E-state index in [4.69, 9.17) is 12.2 Å². The number of rotatable bonds is 3. The Labute approximate surface area is 81.2 Å². The first-order valence-electron chi connectivity index (χ1n) is 3.50. The molecular formula is C9H8OS2. The van der Waals surface area contributed by atoms with Gasteiger partial charge in [-0.05, 0) is 5.56 Å². The third kappa shape index (κ3) is 2.75. The van der Waals surface area contributed by atoms with Crippen molar-refractivity contribution in [1.29, 1.82) is 0 Å². The topological polar surface area (TPSA) is 17.1 Å². The molecule has 3 heteroatoms. The average molecular weight is 196 g/mol. The number of carbonyl (C=O) groups excluding carboxylic acids is 1. The van der Waals surface area contributed by atoms with Gasteiger partial charge in [-0.1, -0.05) is 42.5 Å². The van der Waals surface area contributed by atoms with E-state index in [-0.39, 0.29) is 0 Å². The molecule has 0 aromatic heterocycles. The van der Waals surface area contributed by atoms with Crippen LogP contribution in [0.1, 0.15) is 5.56 Å². The van der Waals surface area contributed by atoms with Crippen LogP contribution in [0.25, 0.3) is 0 Å². The van der Waals surface area contributed by atoms with E-state index in [0.29, 0.717) is 5.75 Å². The van der Waals surface area contributed by atoms with Gasteiger partial charge in [0.2, 0.25) is 0 Å². The highest BCUT2D eigenvalue weighted by atomic mass is 32.2. The lowest BCUT2D eigenvalue weighted by molar-refractivity contribution is -0.105. The minimum Gasteiger partial charge on any atom is -0.302 e.